The average molecular weight is 318 g/mol. The summed E-state index contributed by atoms with van der Waals surface area (Å²) in [5.74, 6) is 1.89. The fourth-order valence-corrected chi connectivity index (χ4v) is 3.48. The van der Waals surface area contributed by atoms with Gasteiger partial charge in [-0.1, -0.05) is 64.5 Å². The number of unbranched alkanes of at least 4 members (excludes halogenated alkanes) is 4. The van der Waals surface area contributed by atoms with E-state index in [2.05, 4.69) is 43.4 Å². The van der Waals surface area contributed by atoms with Crippen molar-refractivity contribution in [2.24, 2.45) is 5.92 Å². The molecule has 2 heteroatoms. The lowest BCUT2D eigenvalue weighted by molar-refractivity contribution is 0.300. The third kappa shape index (κ3) is 7.39. The Morgan fingerprint density at radius 1 is 1.04 bits per heavy atom. The van der Waals surface area contributed by atoms with E-state index in [1.165, 1.54) is 63.4 Å². The predicted octanol–water partition coefficient (Wildman–Crippen LogP) is 5.70. The molecule has 0 bridgehead atoms. The fourth-order valence-electron chi connectivity index (χ4n) is 3.48. The van der Waals surface area contributed by atoms with Crippen LogP contribution in [0.25, 0.3) is 0 Å². The van der Waals surface area contributed by atoms with E-state index in [4.69, 9.17) is 4.74 Å². The molecule has 0 amide bonds. The van der Waals surface area contributed by atoms with Gasteiger partial charge in [-0.25, -0.2) is 0 Å². The van der Waals surface area contributed by atoms with Crippen LogP contribution in [0.1, 0.15) is 77.2 Å². The summed E-state index contributed by atoms with van der Waals surface area (Å²) in [6, 6.07) is 9.34. The molecular weight excluding hydrogens is 282 g/mol. The summed E-state index contributed by atoms with van der Waals surface area (Å²) in [4.78, 5) is 0. The number of hydrogen-bond donors (Lipinski definition) is 1. The fraction of sp³-hybridized carbons (Fsp3) is 0.714. The van der Waals surface area contributed by atoms with E-state index in [1.54, 1.807) is 0 Å². The highest BCUT2D eigenvalue weighted by Crippen LogP contribution is 2.23. The van der Waals surface area contributed by atoms with Crippen molar-refractivity contribution >= 4 is 0 Å². The number of ether oxygens (including phenoxy) is 1. The SMILES string of the molecule is CCCCCCCOc1ccc(CNC2CCCC(C)C2)cc1. The first-order valence-electron chi connectivity index (χ1n) is 9.73. The minimum absolute atomic E-state index is 0.706. The molecule has 130 valence electrons. The minimum atomic E-state index is 0.706. The van der Waals surface area contributed by atoms with Gasteiger partial charge >= 0.3 is 0 Å². The summed E-state index contributed by atoms with van der Waals surface area (Å²) in [5, 5.41) is 3.72. The smallest absolute Gasteiger partial charge is 0.119 e. The van der Waals surface area contributed by atoms with E-state index >= 15 is 0 Å². The molecule has 1 N–H and O–H groups in total. The zero-order valence-corrected chi connectivity index (χ0v) is 15.2. The second-order valence-corrected chi connectivity index (χ2v) is 7.26. The maximum atomic E-state index is 5.83. The van der Waals surface area contributed by atoms with Crippen LogP contribution in [-0.4, -0.2) is 12.6 Å². The standard InChI is InChI=1S/C21H35NO/c1-3-4-5-6-7-15-23-21-13-11-19(12-14-21)17-22-20-10-8-9-18(2)16-20/h11-14,18,20,22H,3-10,15-17H2,1-2H3. The maximum absolute atomic E-state index is 5.83. The molecule has 0 aliphatic heterocycles. The average Bonchev–Trinajstić information content (AvgIpc) is 2.57. The maximum Gasteiger partial charge on any atom is 0.119 e. The topological polar surface area (TPSA) is 21.3 Å². The highest BCUT2D eigenvalue weighted by atomic mass is 16.5. The molecule has 0 saturated heterocycles. The van der Waals surface area contributed by atoms with E-state index in [0.717, 1.165) is 24.8 Å². The van der Waals surface area contributed by atoms with Gasteiger partial charge in [0.2, 0.25) is 0 Å². The molecule has 1 aromatic rings. The van der Waals surface area contributed by atoms with E-state index in [0.29, 0.717) is 6.04 Å². The normalized spacial score (nSPS) is 21.3. The lowest BCUT2D eigenvalue weighted by atomic mass is 9.87. The van der Waals surface area contributed by atoms with Crippen molar-refractivity contribution < 1.29 is 4.74 Å². The molecule has 2 nitrogen and oxygen atoms in total. The summed E-state index contributed by atoms with van der Waals surface area (Å²) >= 11 is 0. The Morgan fingerprint density at radius 2 is 1.83 bits per heavy atom. The number of nitrogens with one attached hydrogen (secondary N) is 1. The number of hydrogen-bond acceptors (Lipinski definition) is 2. The molecule has 0 radical (unpaired) electrons. The summed E-state index contributed by atoms with van der Waals surface area (Å²) in [6.07, 6.45) is 11.9. The molecule has 2 rings (SSSR count). The van der Waals surface area contributed by atoms with Gasteiger partial charge in [0.15, 0.2) is 0 Å². The first kappa shape index (κ1) is 18.3. The molecule has 1 aromatic carbocycles. The Labute approximate surface area is 143 Å². The summed E-state index contributed by atoms with van der Waals surface area (Å²) in [7, 11) is 0. The van der Waals surface area contributed by atoms with Crippen molar-refractivity contribution in [3.8, 4) is 5.75 Å². The Kier molecular flexibility index (Phi) is 8.52. The van der Waals surface area contributed by atoms with Crippen LogP contribution >= 0.6 is 0 Å². The Morgan fingerprint density at radius 3 is 2.57 bits per heavy atom. The van der Waals surface area contributed by atoms with Crippen molar-refractivity contribution in [3.05, 3.63) is 29.8 Å². The molecule has 0 spiro atoms. The lowest BCUT2D eigenvalue weighted by Crippen LogP contribution is -2.33. The Hall–Kier alpha value is -1.02. The van der Waals surface area contributed by atoms with Crippen LogP contribution in [0.3, 0.4) is 0 Å². The molecular formula is C21H35NO. The highest BCUT2D eigenvalue weighted by Gasteiger charge is 2.17. The first-order chi connectivity index (χ1) is 11.3. The largest absolute Gasteiger partial charge is 0.494 e. The van der Waals surface area contributed by atoms with E-state index < -0.39 is 0 Å². The molecule has 0 heterocycles. The van der Waals surface area contributed by atoms with E-state index in [1.807, 2.05) is 0 Å². The third-order valence-electron chi connectivity index (χ3n) is 4.97. The van der Waals surface area contributed by atoms with Crippen molar-refractivity contribution in [1.29, 1.82) is 0 Å². The Bertz CT molecular complexity index is 414. The van der Waals surface area contributed by atoms with Crippen LogP contribution in [0.2, 0.25) is 0 Å². The van der Waals surface area contributed by atoms with Gasteiger partial charge in [-0.3, -0.25) is 0 Å². The first-order valence-corrected chi connectivity index (χ1v) is 9.73. The van der Waals surface area contributed by atoms with E-state index in [9.17, 15) is 0 Å². The van der Waals surface area contributed by atoms with Crippen LogP contribution in [0.5, 0.6) is 5.75 Å². The third-order valence-corrected chi connectivity index (χ3v) is 4.97. The molecule has 1 fully saturated rings. The minimum Gasteiger partial charge on any atom is -0.494 e. The predicted molar refractivity (Wildman–Crippen MR) is 99.0 cm³/mol. The quantitative estimate of drug-likeness (QED) is 0.559. The second kappa shape index (κ2) is 10.7. The zero-order chi connectivity index (χ0) is 16.3. The van der Waals surface area contributed by atoms with Gasteiger partial charge < -0.3 is 10.1 Å². The molecule has 1 saturated carbocycles. The van der Waals surface area contributed by atoms with Crippen LogP contribution in [0, 0.1) is 5.92 Å². The molecule has 1 aliphatic carbocycles. The van der Waals surface area contributed by atoms with Crippen LogP contribution in [-0.2, 0) is 6.54 Å². The van der Waals surface area contributed by atoms with Gasteiger partial charge in [0.05, 0.1) is 6.61 Å². The molecule has 1 aliphatic rings. The molecule has 2 atom stereocenters. The summed E-state index contributed by atoms with van der Waals surface area (Å²) < 4.78 is 5.83. The van der Waals surface area contributed by atoms with Crippen molar-refractivity contribution in [1.82, 2.24) is 5.32 Å². The van der Waals surface area contributed by atoms with Gasteiger partial charge in [0, 0.05) is 12.6 Å². The monoisotopic (exact) mass is 317 g/mol. The van der Waals surface area contributed by atoms with Crippen molar-refractivity contribution in [2.75, 3.05) is 6.61 Å². The van der Waals surface area contributed by atoms with Crippen molar-refractivity contribution in [3.63, 3.8) is 0 Å². The van der Waals surface area contributed by atoms with Gasteiger partial charge in [0.1, 0.15) is 5.75 Å². The molecule has 23 heavy (non-hydrogen) atoms. The Balaban J connectivity index is 1.62. The van der Waals surface area contributed by atoms with Gasteiger partial charge in [-0.15, -0.1) is 0 Å². The van der Waals surface area contributed by atoms with Crippen molar-refractivity contribution in [2.45, 2.75) is 84.2 Å². The number of rotatable bonds is 10. The number of benzene rings is 1. The van der Waals surface area contributed by atoms with E-state index in [-0.39, 0.29) is 0 Å². The van der Waals surface area contributed by atoms with Crippen LogP contribution in [0.4, 0.5) is 0 Å². The lowest BCUT2D eigenvalue weighted by Gasteiger charge is -2.27. The van der Waals surface area contributed by atoms with Gasteiger partial charge in [-0.05, 0) is 42.9 Å². The zero-order valence-electron chi connectivity index (χ0n) is 15.2. The summed E-state index contributed by atoms with van der Waals surface area (Å²) in [5.41, 5.74) is 1.36. The van der Waals surface area contributed by atoms with Gasteiger partial charge in [0.25, 0.3) is 0 Å². The molecule has 0 aromatic heterocycles. The van der Waals surface area contributed by atoms with Gasteiger partial charge in [-0.2, -0.15) is 0 Å². The second-order valence-electron chi connectivity index (χ2n) is 7.26. The molecule has 2 unspecified atom stereocenters. The van der Waals surface area contributed by atoms with Crippen LogP contribution in [0.15, 0.2) is 24.3 Å². The van der Waals surface area contributed by atoms with Crippen LogP contribution < -0.4 is 10.1 Å². The summed E-state index contributed by atoms with van der Waals surface area (Å²) in [6.45, 7) is 6.46. The highest BCUT2D eigenvalue weighted by molar-refractivity contribution is 5.27.